The van der Waals surface area contributed by atoms with Crippen molar-refractivity contribution in [2.24, 2.45) is 5.41 Å². The lowest BCUT2D eigenvalue weighted by molar-refractivity contribution is -0.253. The molecule has 112 valence electrons. The first kappa shape index (κ1) is 15.3. The van der Waals surface area contributed by atoms with Crippen LogP contribution in [0.2, 0.25) is 0 Å². The standard InChI is InChI=1S/C16H18O5/c1-15(2)20-13(18)16(11-17,14(19)21-15)10-6-9-12-7-4-3-5-8-12/h3-9,17H,10-11H2,1-2H3/b9-6+. The molecule has 0 spiro atoms. The Labute approximate surface area is 123 Å². The van der Waals surface area contributed by atoms with E-state index in [2.05, 4.69) is 0 Å². The van der Waals surface area contributed by atoms with Crippen LogP contribution in [0.15, 0.2) is 36.4 Å². The van der Waals surface area contributed by atoms with Gasteiger partial charge in [0.05, 0.1) is 6.61 Å². The number of cyclic esters (lactones) is 2. The van der Waals surface area contributed by atoms with Gasteiger partial charge in [-0.15, -0.1) is 0 Å². The molecule has 1 N–H and O–H groups in total. The zero-order valence-corrected chi connectivity index (χ0v) is 12.0. The molecule has 1 heterocycles. The lowest BCUT2D eigenvalue weighted by Crippen LogP contribution is -2.55. The van der Waals surface area contributed by atoms with Gasteiger partial charge in [-0.2, -0.15) is 0 Å². The number of aliphatic hydroxyl groups excluding tert-OH is 1. The molecular formula is C16H18O5. The predicted molar refractivity (Wildman–Crippen MR) is 75.9 cm³/mol. The Balaban J connectivity index is 2.17. The quantitative estimate of drug-likeness (QED) is 0.677. The van der Waals surface area contributed by atoms with Gasteiger partial charge in [-0.3, -0.25) is 9.59 Å². The first-order chi connectivity index (χ1) is 9.89. The summed E-state index contributed by atoms with van der Waals surface area (Å²) in [7, 11) is 0. The van der Waals surface area contributed by atoms with Gasteiger partial charge in [0.25, 0.3) is 5.79 Å². The summed E-state index contributed by atoms with van der Waals surface area (Å²) in [6, 6.07) is 9.44. The van der Waals surface area contributed by atoms with Crippen molar-refractivity contribution in [3.63, 3.8) is 0 Å². The summed E-state index contributed by atoms with van der Waals surface area (Å²) in [5.74, 6) is -2.82. The van der Waals surface area contributed by atoms with E-state index in [-0.39, 0.29) is 6.42 Å². The number of benzene rings is 1. The number of hydrogen-bond donors (Lipinski definition) is 1. The monoisotopic (exact) mass is 290 g/mol. The lowest BCUT2D eigenvalue weighted by atomic mass is 9.84. The Bertz CT molecular complexity index is 539. The van der Waals surface area contributed by atoms with E-state index < -0.39 is 29.7 Å². The molecule has 0 radical (unpaired) electrons. The van der Waals surface area contributed by atoms with Gasteiger partial charge in [-0.25, -0.2) is 0 Å². The van der Waals surface area contributed by atoms with Gasteiger partial charge < -0.3 is 14.6 Å². The molecule has 5 nitrogen and oxygen atoms in total. The number of carbonyl (C=O) groups is 2. The molecule has 1 aliphatic rings. The maximum absolute atomic E-state index is 12.1. The van der Waals surface area contributed by atoms with E-state index in [1.165, 1.54) is 13.8 Å². The minimum Gasteiger partial charge on any atom is -0.422 e. The summed E-state index contributed by atoms with van der Waals surface area (Å²) in [4.78, 5) is 24.2. The zero-order valence-electron chi connectivity index (χ0n) is 12.0. The molecule has 0 aliphatic carbocycles. The van der Waals surface area contributed by atoms with Crippen LogP contribution >= 0.6 is 0 Å². The molecule has 5 heteroatoms. The molecule has 0 atom stereocenters. The summed E-state index contributed by atoms with van der Waals surface area (Å²) >= 11 is 0. The molecule has 21 heavy (non-hydrogen) atoms. The van der Waals surface area contributed by atoms with E-state index >= 15 is 0 Å². The van der Waals surface area contributed by atoms with Gasteiger partial charge in [-0.05, 0) is 12.0 Å². The van der Waals surface area contributed by atoms with Crippen molar-refractivity contribution in [3.05, 3.63) is 42.0 Å². The van der Waals surface area contributed by atoms with Gasteiger partial charge in [0.2, 0.25) is 0 Å². The highest BCUT2D eigenvalue weighted by Gasteiger charge is 2.55. The van der Waals surface area contributed by atoms with E-state index in [1.54, 1.807) is 12.2 Å². The first-order valence-corrected chi connectivity index (χ1v) is 6.69. The van der Waals surface area contributed by atoms with Gasteiger partial charge in [0, 0.05) is 13.8 Å². The van der Waals surface area contributed by atoms with Crippen LogP contribution in [0.3, 0.4) is 0 Å². The highest BCUT2D eigenvalue weighted by atomic mass is 16.7. The average molecular weight is 290 g/mol. The summed E-state index contributed by atoms with van der Waals surface area (Å²) in [6.07, 6.45) is 3.45. The number of rotatable bonds is 4. The van der Waals surface area contributed by atoms with Gasteiger partial charge in [0.15, 0.2) is 5.41 Å². The first-order valence-electron chi connectivity index (χ1n) is 6.69. The number of allylic oxidation sites excluding steroid dienone is 1. The lowest BCUT2D eigenvalue weighted by Gasteiger charge is -2.38. The fourth-order valence-corrected chi connectivity index (χ4v) is 2.07. The highest BCUT2D eigenvalue weighted by Crippen LogP contribution is 2.35. The normalized spacial score (nSPS) is 20.1. The van der Waals surface area contributed by atoms with Crippen LogP contribution in [0.5, 0.6) is 0 Å². The summed E-state index contributed by atoms with van der Waals surface area (Å²) in [5, 5.41) is 9.51. The Hall–Kier alpha value is -2.14. The van der Waals surface area contributed by atoms with Crippen LogP contribution in [0.4, 0.5) is 0 Å². The van der Waals surface area contributed by atoms with Crippen molar-refractivity contribution in [2.45, 2.75) is 26.1 Å². The fraction of sp³-hybridized carbons (Fsp3) is 0.375. The largest absolute Gasteiger partial charge is 0.422 e. The number of ether oxygens (including phenoxy) is 2. The molecule has 1 aromatic carbocycles. The van der Waals surface area contributed by atoms with Gasteiger partial charge in [-0.1, -0.05) is 42.5 Å². The number of esters is 2. The van der Waals surface area contributed by atoms with Crippen molar-refractivity contribution in [2.75, 3.05) is 6.61 Å². The number of carbonyl (C=O) groups excluding carboxylic acids is 2. The molecule has 1 saturated heterocycles. The molecule has 1 fully saturated rings. The van der Waals surface area contributed by atoms with Gasteiger partial charge >= 0.3 is 11.9 Å². The highest BCUT2D eigenvalue weighted by molar-refractivity contribution is 6.02. The third-order valence-electron chi connectivity index (χ3n) is 3.30. The minimum absolute atomic E-state index is 0.0200. The molecule has 0 unspecified atom stereocenters. The fourth-order valence-electron chi connectivity index (χ4n) is 2.07. The Kier molecular flexibility index (Phi) is 4.14. The second-order valence-electron chi connectivity index (χ2n) is 5.44. The Morgan fingerprint density at radius 3 is 2.19 bits per heavy atom. The number of hydrogen-bond acceptors (Lipinski definition) is 5. The third-order valence-corrected chi connectivity index (χ3v) is 3.30. The summed E-state index contributed by atoms with van der Waals surface area (Å²) < 4.78 is 10.2. The molecule has 0 saturated carbocycles. The van der Waals surface area contributed by atoms with E-state index in [9.17, 15) is 14.7 Å². The van der Waals surface area contributed by atoms with E-state index in [0.29, 0.717) is 0 Å². The Morgan fingerprint density at radius 1 is 1.10 bits per heavy atom. The second kappa shape index (κ2) is 5.69. The second-order valence-corrected chi connectivity index (χ2v) is 5.44. The molecule has 1 aromatic rings. The molecule has 2 rings (SSSR count). The van der Waals surface area contributed by atoms with Crippen LogP contribution in [-0.4, -0.2) is 29.4 Å². The molecule has 0 bridgehead atoms. The van der Waals surface area contributed by atoms with Crippen molar-refractivity contribution in [1.29, 1.82) is 0 Å². The van der Waals surface area contributed by atoms with Crippen LogP contribution in [0.25, 0.3) is 6.08 Å². The van der Waals surface area contributed by atoms with Crippen molar-refractivity contribution in [3.8, 4) is 0 Å². The van der Waals surface area contributed by atoms with Gasteiger partial charge in [0.1, 0.15) is 0 Å². The SMILES string of the molecule is CC1(C)OC(=O)C(CO)(C/C=C/c2ccccc2)C(=O)O1. The molecule has 1 aliphatic heterocycles. The van der Waals surface area contributed by atoms with Crippen LogP contribution < -0.4 is 0 Å². The third kappa shape index (κ3) is 3.13. The smallest absolute Gasteiger partial charge is 0.329 e. The maximum atomic E-state index is 12.1. The van der Waals surface area contributed by atoms with Crippen molar-refractivity contribution < 1.29 is 24.2 Å². The van der Waals surface area contributed by atoms with Crippen LogP contribution in [0, 0.1) is 5.41 Å². The maximum Gasteiger partial charge on any atom is 0.329 e. The molecule has 0 amide bonds. The van der Waals surface area contributed by atoms with Crippen LogP contribution in [-0.2, 0) is 19.1 Å². The summed E-state index contributed by atoms with van der Waals surface area (Å²) in [6.45, 7) is 2.30. The van der Waals surface area contributed by atoms with E-state index in [0.717, 1.165) is 5.56 Å². The topological polar surface area (TPSA) is 72.8 Å². The van der Waals surface area contributed by atoms with E-state index in [4.69, 9.17) is 9.47 Å². The van der Waals surface area contributed by atoms with E-state index in [1.807, 2.05) is 30.3 Å². The van der Waals surface area contributed by atoms with Crippen molar-refractivity contribution >= 4 is 18.0 Å². The van der Waals surface area contributed by atoms with Crippen molar-refractivity contribution in [1.82, 2.24) is 0 Å². The number of aliphatic hydroxyl groups is 1. The minimum atomic E-state index is -1.68. The predicted octanol–water partition coefficient (Wildman–Crippen LogP) is 1.90. The average Bonchev–Trinajstić information content (AvgIpc) is 2.42. The molecule has 0 aromatic heterocycles. The Morgan fingerprint density at radius 2 is 1.67 bits per heavy atom. The summed E-state index contributed by atoms with van der Waals surface area (Å²) in [5.41, 5.74) is -0.746. The molecular weight excluding hydrogens is 272 g/mol. The van der Waals surface area contributed by atoms with Crippen LogP contribution in [0.1, 0.15) is 25.8 Å². The zero-order chi connectivity index (χ0) is 15.5.